The first-order valence-corrected chi connectivity index (χ1v) is 9.74. The van der Waals surface area contributed by atoms with Gasteiger partial charge in [-0.3, -0.25) is 9.69 Å². The van der Waals surface area contributed by atoms with Crippen molar-refractivity contribution >= 4 is 29.1 Å². The number of nitrogens with one attached hydrogen (secondary N) is 1. The second-order valence-electron chi connectivity index (χ2n) is 7.02. The maximum absolute atomic E-state index is 11.6. The molecule has 0 aliphatic carbocycles. The highest BCUT2D eigenvalue weighted by atomic mass is 35.5. The van der Waals surface area contributed by atoms with Crippen LogP contribution >= 0.6 is 23.2 Å². The van der Waals surface area contributed by atoms with Crippen LogP contribution in [-0.2, 0) is 17.9 Å². The third-order valence-electron chi connectivity index (χ3n) is 5.20. The summed E-state index contributed by atoms with van der Waals surface area (Å²) in [5.74, 6) is 1.12. The molecule has 1 aliphatic heterocycles. The van der Waals surface area contributed by atoms with Gasteiger partial charge in [0.05, 0.1) is 16.0 Å². The van der Waals surface area contributed by atoms with E-state index in [0.717, 1.165) is 36.5 Å². The van der Waals surface area contributed by atoms with Crippen molar-refractivity contribution < 1.29 is 9.53 Å². The Labute approximate surface area is 170 Å². The fourth-order valence-electron chi connectivity index (χ4n) is 3.28. The molecule has 1 saturated heterocycles. The topological polar surface area (TPSA) is 41.6 Å². The van der Waals surface area contributed by atoms with Crippen molar-refractivity contribution in [1.29, 1.82) is 0 Å². The zero-order chi connectivity index (χ0) is 19.6. The third kappa shape index (κ3) is 4.57. The molecule has 0 aromatic heterocycles. The number of hydrogen-bond donors (Lipinski definition) is 1. The SMILES string of the molecule is CNC(=O)C1CN(Cc2ccc(OCc3ccc(Cl)c(Cl)c3)c(C)c2C)C1. The number of carbonyl (C=O) groups excluding carboxylic acids is 1. The van der Waals surface area contributed by atoms with Crippen LogP contribution in [0.2, 0.25) is 10.0 Å². The minimum absolute atomic E-state index is 0.116. The van der Waals surface area contributed by atoms with Crippen LogP contribution in [0.15, 0.2) is 30.3 Å². The zero-order valence-corrected chi connectivity index (χ0v) is 17.3. The summed E-state index contributed by atoms with van der Waals surface area (Å²) in [6.45, 7) is 7.12. The van der Waals surface area contributed by atoms with E-state index >= 15 is 0 Å². The van der Waals surface area contributed by atoms with Crippen LogP contribution in [0.25, 0.3) is 0 Å². The Morgan fingerprint density at radius 2 is 1.89 bits per heavy atom. The lowest BCUT2D eigenvalue weighted by Gasteiger charge is -2.38. The van der Waals surface area contributed by atoms with Gasteiger partial charge in [0.25, 0.3) is 0 Å². The van der Waals surface area contributed by atoms with Crippen LogP contribution in [0.4, 0.5) is 0 Å². The van der Waals surface area contributed by atoms with Gasteiger partial charge in [-0.15, -0.1) is 0 Å². The summed E-state index contributed by atoms with van der Waals surface area (Å²) in [7, 11) is 1.69. The van der Waals surface area contributed by atoms with Crippen LogP contribution in [0.3, 0.4) is 0 Å². The number of halogens is 2. The van der Waals surface area contributed by atoms with Crippen molar-refractivity contribution in [2.24, 2.45) is 5.92 Å². The number of carbonyl (C=O) groups is 1. The van der Waals surface area contributed by atoms with Gasteiger partial charge in [0.15, 0.2) is 0 Å². The fraction of sp³-hybridized carbons (Fsp3) is 0.381. The first-order chi connectivity index (χ1) is 12.9. The van der Waals surface area contributed by atoms with Crippen molar-refractivity contribution in [3.63, 3.8) is 0 Å². The summed E-state index contributed by atoms with van der Waals surface area (Å²) in [4.78, 5) is 13.9. The molecule has 1 aliphatic rings. The number of amides is 1. The van der Waals surface area contributed by atoms with E-state index in [1.165, 1.54) is 11.1 Å². The lowest BCUT2D eigenvalue weighted by Crippen LogP contribution is -2.52. The van der Waals surface area contributed by atoms with E-state index in [1.807, 2.05) is 18.2 Å². The lowest BCUT2D eigenvalue weighted by atomic mass is 9.96. The van der Waals surface area contributed by atoms with E-state index in [-0.39, 0.29) is 11.8 Å². The van der Waals surface area contributed by atoms with Crippen molar-refractivity contribution in [2.75, 3.05) is 20.1 Å². The molecule has 0 spiro atoms. The molecule has 0 atom stereocenters. The maximum Gasteiger partial charge on any atom is 0.225 e. The summed E-state index contributed by atoms with van der Waals surface area (Å²) in [6, 6.07) is 9.65. The molecule has 2 aromatic carbocycles. The van der Waals surface area contributed by atoms with Crippen LogP contribution in [-0.4, -0.2) is 30.9 Å². The molecule has 0 saturated carbocycles. The second-order valence-corrected chi connectivity index (χ2v) is 7.83. The molecule has 3 rings (SSSR count). The number of rotatable bonds is 6. The summed E-state index contributed by atoms with van der Waals surface area (Å²) in [6.07, 6.45) is 0. The van der Waals surface area contributed by atoms with Crippen LogP contribution in [0.5, 0.6) is 5.75 Å². The van der Waals surface area contributed by atoms with Crippen LogP contribution in [0, 0.1) is 19.8 Å². The Morgan fingerprint density at radius 3 is 2.56 bits per heavy atom. The van der Waals surface area contributed by atoms with Crippen LogP contribution < -0.4 is 10.1 Å². The van der Waals surface area contributed by atoms with E-state index < -0.39 is 0 Å². The Kier molecular flexibility index (Phi) is 6.30. The van der Waals surface area contributed by atoms with Gasteiger partial charge in [-0.2, -0.15) is 0 Å². The Balaban J connectivity index is 1.61. The highest BCUT2D eigenvalue weighted by Crippen LogP contribution is 2.29. The van der Waals surface area contributed by atoms with Gasteiger partial charge in [-0.05, 0) is 54.3 Å². The van der Waals surface area contributed by atoms with Crippen molar-refractivity contribution in [1.82, 2.24) is 10.2 Å². The molecule has 27 heavy (non-hydrogen) atoms. The molecule has 4 nitrogen and oxygen atoms in total. The zero-order valence-electron chi connectivity index (χ0n) is 15.8. The molecule has 1 N–H and O–H groups in total. The van der Waals surface area contributed by atoms with Gasteiger partial charge in [0, 0.05) is 26.7 Å². The standard InChI is InChI=1S/C21H24Cl2N2O2/c1-13-14(2)20(27-12-15-4-6-18(22)19(23)8-15)7-5-16(13)9-25-10-17(11-25)21(26)24-3/h4-8,17H,9-12H2,1-3H3,(H,24,26). The Hall–Kier alpha value is -1.75. The summed E-state index contributed by atoms with van der Waals surface area (Å²) in [5.41, 5.74) is 4.61. The van der Waals surface area contributed by atoms with Crippen molar-refractivity contribution in [2.45, 2.75) is 27.0 Å². The quantitative estimate of drug-likeness (QED) is 0.774. The minimum Gasteiger partial charge on any atom is -0.489 e. The molecule has 1 heterocycles. The lowest BCUT2D eigenvalue weighted by molar-refractivity contribution is -0.129. The second kappa shape index (κ2) is 8.51. The summed E-state index contributed by atoms with van der Waals surface area (Å²) < 4.78 is 5.99. The first kappa shape index (κ1) is 20.0. The number of likely N-dealkylation sites (tertiary alicyclic amines) is 1. The Morgan fingerprint density at radius 1 is 1.15 bits per heavy atom. The normalized spacial score (nSPS) is 14.7. The molecule has 6 heteroatoms. The molecule has 0 radical (unpaired) electrons. The molecule has 0 bridgehead atoms. The molecule has 1 fully saturated rings. The van der Waals surface area contributed by atoms with Gasteiger partial charge in [0.1, 0.15) is 12.4 Å². The van der Waals surface area contributed by atoms with Gasteiger partial charge in [-0.1, -0.05) is 35.3 Å². The van der Waals surface area contributed by atoms with Gasteiger partial charge in [0.2, 0.25) is 5.91 Å². The minimum atomic E-state index is 0.116. The molecular formula is C21H24Cl2N2O2. The monoisotopic (exact) mass is 406 g/mol. The number of hydrogen-bond acceptors (Lipinski definition) is 3. The summed E-state index contributed by atoms with van der Waals surface area (Å²) >= 11 is 12.0. The smallest absolute Gasteiger partial charge is 0.225 e. The van der Waals surface area contributed by atoms with Crippen molar-refractivity contribution in [3.8, 4) is 5.75 Å². The van der Waals surface area contributed by atoms with E-state index in [1.54, 1.807) is 13.1 Å². The first-order valence-electron chi connectivity index (χ1n) is 8.98. The predicted molar refractivity (Wildman–Crippen MR) is 110 cm³/mol. The number of nitrogens with zero attached hydrogens (tertiary/aromatic N) is 1. The third-order valence-corrected chi connectivity index (χ3v) is 5.94. The highest BCUT2D eigenvalue weighted by molar-refractivity contribution is 6.42. The largest absolute Gasteiger partial charge is 0.489 e. The fourth-order valence-corrected chi connectivity index (χ4v) is 3.60. The number of ether oxygens (including phenoxy) is 1. The average Bonchev–Trinajstić information content (AvgIpc) is 2.62. The molecule has 144 valence electrons. The van der Waals surface area contributed by atoms with Gasteiger partial charge < -0.3 is 10.1 Å². The van der Waals surface area contributed by atoms with Gasteiger partial charge in [-0.25, -0.2) is 0 Å². The molecule has 1 amide bonds. The summed E-state index contributed by atoms with van der Waals surface area (Å²) in [5, 5.41) is 3.79. The average molecular weight is 407 g/mol. The predicted octanol–water partition coefficient (Wildman–Crippen LogP) is 4.37. The van der Waals surface area contributed by atoms with E-state index in [0.29, 0.717) is 16.7 Å². The Bertz CT molecular complexity index is 848. The maximum atomic E-state index is 11.6. The highest BCUT2D eigenvalue weighted by Gasteiger charge is 2.32. The van der Waals surface area contributed by atoms with Crippen LogP contribution in [0.1, 0.15) is 22.3 Å². The van der Waals surface area contributed by atoms with E-state index in [4.69, 9.17) is 27.9 Å². The molecular weight excluding hydrogens is 383 g/mol. The van der Waals surface area contributed by atoms with E-state index in [9.17, 15) is 4.79 Å². The van der Waals surface area contributed by atoms with E-state index in [2.05, 4.69) is 30.1 Å². The number of benzene rings is 2. The van der Waals surface area contributed by atoms with Gasteiger partial charge >= 0.3 is 0 Å². The molecule has 0 unspecified atom stereocenters. The van der Waals surface area contributed by atoms with Crippen molar-refractivity contribution in [3.05, 3.63) is 62.6 Å². The molecule has 2 aromatic rings.